The van der Waals surface area contributed by atoms with Crippen molar-refractivity contribution in [1.82, 2.24) is 4.57 Å². The number of para-hydroxylation sites is 1. The van der Waals surface area contributed by atoms with E-state index in [4.69, 9.17) is 10.1 Å². The molecule has 0 atom stereocenters. The fourth-order valence-corrected chi connectivity index (χ4v) is 4.44. The Bertz CT molecular complexity index is 1020. The fraction of sp³-hybridized carbons (Fsp3) is 0.250. The normalized spacial score (nSPS) is 17.4. The van der Waals surface area contributed by atoms with Crippen LogP contribution in [-0.2, 0) is 16.1 Å². The molecule has 1 aromatic carbocycles. The average molecular weight is 380 g/mol. The Morgan fingerprint density at radius 1 is 1.30 bits per heavy atom. The van der Waals surface area contributed by atoms with Crippen LogP contribution < -0.4 is 4.90 Å². The Balaban J connectivity index is 1.74. The molecule has 0 spiro atoms. The van der Waals surface area contributed by atoms with Crippen LogP contribution in [0.15, 0.2) is 45.8 Å². The van der Waals surface area contributed by atoms with E-state index in [1.54, 1.807) is 18.1 Å². The summed E-state index contributed by atoms with van der Waals surface area (Å²) in [7, 11) is 1.68. The molecule has 138 valence electrons. The molecule has 0 saturated carbocycles. The first-order valence-electron chi connectivity index (χ1n) is 8.67. The molecule has 27 heavy (non-hydrogen) atoms. The number of carbonyl (C=O) groups is 1. The van der Waals surface area contributed by atoms with Gasteiger partial charge in [-0.2, -0.15) is 4.99 Å². The highest BCUT2D eigenvalue weighted by Gasteiger charge is 2.37. The summed E-state index contributed by atoms with van der Waals surface area (Å²) in [6, 6.07) is 9.83. The number of benzene rings is 1. The maximum Gasteiger partial charge on any atom is 0.283 e. The van der Waals surface area contributed by atoms with Gasteiger partial charge in [0.05, 0.1) is 17.9 Å². The maximum atomic E-state index is 12.6. The number of methoxy groups -OCH3 is 1. The lowest BCUT2D eigenvalue weighted by Crippen LogP contribution is -2.39. The number of amides is 1. The van der Waals surface area contributed by atoms with Gasteiger partial charge in [-0.15, -0.1) is 0 Å². The number of carbonyl (C=O) groups excluding carboxylic acids is 1. The summed E-state index contributed by atoms with van der Waals surface area (Å²) in [5, 5.41) is 9.19. The molecule has 0 fully saturated rings. The number of rotatable bonds is 4. The van der Waals surface area contributed by atoms with Crippen LogP contribution in [0.5, 0.6) is 0 Å². The molecule has 2 aromatic rings. The molecule has 2 aliphatic heterocycles. The summed E-state index contributed by atoms with van der Waals surface area (Å²) < 4.78 is 7.33. The minimum atomic E-state index is -0.367. The van der Waals surface area contributed by atoms with E-state index in [1.165, 1.54) is 11.8 Å². The van der Waals surface area contributed by atoms with Crippen LogP contribution in [0.4, 0.5) is 5.69 Å². The Kier molecular flexibility index (Phi) is 4.49. The van der Waals surface area contributed by atoms with Gasteiger partial charge >= 0.3 is 0 Å². The third-order valence-electron chi connectivity index (χ3n) is 4.84. The second-order valence-electron chi connectivity index (χ2n) is 6.48. The van der Waals surface area contributed by atoms with Gasteiger partial charge < -0.3 is 9.30 Å². The average Bonchev–Trinajstić information content (AvgIpc) is 3.14. The van der Waals surface area contributed by atoms with E-state index >= 15 is 0 Å². The zero-order valence-electron chi connectivity index (χ0n) is 15.4. The van der Waals surface area contributed by atoms with Gasteiger partial charge in [-0.05, 0) is 55.4 Å². The Morgan fingerprint density at radius 2 is 2.07 bits per heavy atom. The van der Waals surface area contributed by atoms with E-state index in [1.807, 2.05) is 44.2 Å². The fourth-order valence-electron chi connectivity index (χ4n) is 3.42. The van der Waals surface area contributed by atoms with E-state index < -0.39 is 0 Å². The van der Waals surface area contributed by atoms with Crippen molar-refractivity contribution in [2.45, 2.75) is 25.3 Å². The van der Waals surface area contributed by atoms with Crippen LogP contribution in [0.1, 0.15) is 17.0 Å². The van der Waals surface area contributed by atoms with Crippen LogP contribution in [0, 0.1) is 19.3 Å². The zero-order chi connectivity index (χ0) is 19.1. The van der Waals surface area contributed by atoms with E-state index in [9.17, 15) is 4.79 Å². The number of nitrogens with one attached hydrogen (secondary N) is 1. The number of amidine groups is 2. The van der Waals surface area contributed by atoms with Gasteiger partial charge in [0.25, 0.3) is 5.91 Å². The van der Waals surface area contributed by atoms with Gasteiger partial charge in [-0.3, -0.25) is 15.1 Å². The third-order valence-corrected chi connectivity index (χ3v) is 5.86. The number of fused-ring (bicyclic) bond motifs is 3. The lowest BCUT2D eigenvalue weighted by atomic mass is 10.1. The van der Waals surface area contributed by atoms with Crippen molar-refractivity contribution in [2.24, 2.45) is 4.99 Å². The molecule has 0 saturated heterocycles. The Morgan fingerprint density at radius 3 is 2.85 bits per heavy atom. The van der Waals surface area contributed by atoms with E-state index in [-0.39, 0.29) is 11.7 Å². The number of ether oxygens (including phenoxy) is 1. The van der Waals surface area contributed by atoms with E-state index in [0.29, 0.717) is 17.3 Å². The van der Waals surface area contributed by atoms with Gasteiger partial charge in [-0.1, -0.05) is 12.1 Å². The van der Waals surface area contributed by atoms with Crippen LogP contribution in [-0.4, -0.2) is 35.2 Å². The smallest absolute Gasteiger partial charge is 0.283 e. The number of hydrogen-bond donors (Lipinski definition) is 1. The molecule has 7 heteroatoms. The molecule has 1 N–H and O–H groups in total. The first kappa shape index (κ1) is 17.8. The number of anilines is 1. The number of aromatic nitrogens is 1. The van der Waals surface area contributed by atoms with Crippen molar-refractivity contribution in [3.8, 4) is 0 Å². The number of nitrogens with zero attached hydrogens (tertiary/aromatic N) is 3. The highest BCUT2D eigenvalue weighted by Crippen LogP contribution is 2.42. The molecule has 0 bridgehead atoms. The van der Waals surface area contributed by atoms with Crippen molar-refractivity contribution in [2.75, 3.05) is 18.6 Å². The summed E-state index contributed by atoms with van der Waals surface area (Å²) in [6.07, 6.45) is 1.78. The lowest BCUT2D eigenvalue weighted by molar-refractivity contribution is -0.113. The van der Waals surface area contributed by atoms with Crippen molar-refractivity contribution >= 4 is 40.4 Å². The quantitative estimate of drug-likeness (QED) is 0.823. The third kappa shape index (κ3) is 2.93. The second kappa shape index (κ2) is 6.83. The summed E-state index contributed by atoms with van der Waals surface area (Å²) in [5.41, 5.74) is 4.27. The highest BCUT2D eigenvalue weighted by atomic mass is 32.2. The largest absolute Gasteiger partial charge is 0.383 e. The zero-order valence-corrected chi connectivity index (χ0v) is 16.3. The first-order chi connectivity index (χ1) is 13.0. The monoisotopic (exact) mass is 380 g/mol. The first-order valence-corrected chi connectivity index (χ1v) is 9.49. The highest BCUT2D eigenvalue weighted by molar-refractivity contribution is 8.15. The topological polar surface area (TPSA) is 70.7 Å². The molecular weight excluding hydrogens is 360 g/mol. The SMILES string of the molecule is COCCn1c(C)cc(C=C2C(=N)N3C(=NC2=O)Sc2ccccc23)c1C. The van der Waals surface area contributed by atoms with Crippen molar-refractivity contribution in [3.05, 3.63) is 52.9 Å². The lowest BCUT2D eigenvalue weighted by Gasteiger charge is -2.24. The van der Waals surface area contributed by atoms with E-state index in [2.05, 4.69) is 9.56 Å². The number of aliphatic imine (C=N–C) groups is 1. The van der Waals surface area contributed by atoms with Crippen molar-refractivity contribution in [3.63, 3.8) is 0 Å². The minimum absolute atomic E-state index is 0.171. The molecule has 0 unspecified atom stereocenters. The summed E-state index contributed by atoms with van der Waals surface area (Å²) in [4.78, 5) is 19.6. The van der Waals surface area contributed by atoms with Gasteiger partial charge in [0.1, 0.15) is 5.84 Å². The van der Waals surface area contributed by atoms with Crippen LogP contribution in [0.2, 0.25) is 0 Å². The van der Waals surface area contributed by atoms with Crippen LogP contribution in [0.25, 0.3) is 6.08 Å². The standard InChI is InChI=1S/C20H20N4O2S/c1-12-10-14(13(2)23(12)8-9-26-3)11-15-18(21)24-16-6-4-5-7-17(16)27-20(24)22-19(15)25/h4-7,10-11,21H,8-9H2,1-3H3. The molecule has 1 amide bonds. The summed E-state index contributed by atoms with van der Waals surface area (Å²) >= 11 is 1.42. The summed E-state index contributed by atoms with van der Waals surface area (Å²) in [5.74, 6) is -0.197. The van der Waals surface area contributed by atoms with Crippen LogP contribution in [0.3, 0.4) is 0 Å². The van der Waals surface area contributed by atoms with Gasteiger partial charge in [-0.25, -0.2) is 0 Å². The number of thioether (sulfide) groups is 1. The minimum Gasteiger partial charge on any atom is -0.383 e. The number of aryl methyl sites for hydroxylation is 1. The molecule has 3 heterocycles. The van der Waals surface area contributed by atoms with E-state index in [0.717, 1.165) is 34.1 Å². The predicted octanol–water partition coefficient (Wildman–Crippen LogP) is 3.62. The predicted molar refractivity (Wildman–Crippen MR) is 109 cm³/mol. The Hall–Kier alpha value is -2.64. The molecule has 1 aromatic heterocycles. The molecule has 4 rings (SSSR count). The van der Waals surface area contributed by atoms with Crippen molar-refractivity contribution in [1.29, 1.82) is 5.41 Å². The molecular formula is C20H20N4O2S. The molecule has 0 radical (unpaired) electrons. The van der Waals surface area contributed by atoms with Gasteiger partial charge in [0.15, 0.2) is 5.17 Å². The summed E-state index contributed by atoms with van der Waals surface area (Å²) in [6.45, 7) is 5.42. The maximum absolute atomic E-state index is 12.6. The second-order valence-corrected chi connectivity index (χ2v) is 7.49. The van der Waals surface area contributed by atoms with Gasteiger partial charge in [0, 0.05) is 29.9 Å². The molecule has 6 nitrogen and oxygen atoms in total. The molecule has 0 aliphatic carbocycles. The van der Waals surface area contributed by atoms with Crippen LogP contribution >= 0.6 is 11.8 Å². The van der Waals surface area contributed by atoms with Gasteiger partial charge in [0.2, 0.25) is 0 Å². The Labute approximate surface area is 162 Å². The number of hydrogen-bond acceptors (Lipinski definition) is 4. The molecule has 2 aliphatic rings. The van der Waals surface area contributed by atoms with Crippen molar-refractivity contribution < 1.29 is 9.53 Å².